The molecule has 3 aliphatic rings. The number of aliphatic hydroxyl groups is 1. The van der Waals surface area contributed by atoms with Crippen LogP contribution in [0.15, 0.2) is 22.7 Å². The van der Waals surface area contributed by atoms with Gasteiger partial charge in [0, 0.05) is 36.6 Å². The van der Waals surface area contributed by atoms with Crippen LogP contribution in [0.5, 0.6) is 11.5 Å². The van der Waals surface area contributed by atoms with Gasteiger partial charge in [0.25, 0.3) is 0 Å². The van der Waals surface area contributed by atoms with Gasteiger partial charge in [-0.1, -0.05) is 28.1 Å². The van der Waals surface area contributed by atoms with Crippen molar-refractivity contribution >= 4 is 33.3 Å². The molecule has 0 aromatic heterocycles. The van der Waals surface area contributed by atoms with Crippen molar-refractivity contribution in [2.45, 2.75) is 37.0 Å². The summed E-state index contributed by atoms with van der Waals surface area (Å²) in [4.78, 5) is 2.19. The van der Waals surface area contributed by atoms with E-state index in [2.05, 4.69) is 32.2 Å². The Morgan fingerprint density at radius 1 is 1.56 bits per heavy atom. The van der Waals surface area contributed by atoms with Gasteiger partial charge in [0.2, 0.25) is 0 Å². The molecule has 1 unspecified atom stereocenters. The van der Waals surface area contributed by atoms with Crippen molar-refractivity contribution in [2.24, 2.45) is 0 Å². The molecule has 5 nitrogen and oxygen atoms in total. The van der Waals surface area contributed by atoms with Gasteiger partial charge in [0.05, 0.1) is 18.6 Å². The second-order valence-corrected chi connectivity index (χ2v) is 8.02. The first kappa shape index (κ1) is 17.1. The Hall–Kier alpha value is -1.31. The Bertz CT molecular complexity index is 769. The molecule has 134 valence electrons. The highest BCUT2D eigenvalue weighted by molar-refractivity contribution is 9.10. The fourth-order valence-electron chi connectivity index (χ4n) is 4.29. The molecule has 0 radical (unpaired) electrons. The molecule has 0 saturated heterocycles. The van der Waals surface area contributed by atoms with Crippen LogP contribution in [0.1, 0.15) is 24.0 Å². The standard InChI is InChI=1S/C18H21BrN2O3S/c1-20-17(25)21-6-5-18-4-3-10(22)7-14(18)24-16-13(23-2)8-12(19)11(9-21)15(16)18/h3-4,8,10,14,22H,5-7,9H2,1-2H3,(H,20,25)/t10?,14-,18-/m0/s1. The molecule has 0 bridgehead atoms. The predicted molar refractivity (Wildman–Crippen MR) is 103 cm³/mol. The second-order valence-electron chi connectivity index (χ2n) is 6.78. The van der Waals surface area contributed by atoms with Crippen molar-refractivity contribution < 1.29 is 14.6 Å². The van der Waals surface area contributed by atoms with Crippen LogP contribution < -0.4 is 14.8 Å². The van der Waals surface area contributed by atoms with E-state index in [1.165, 1.54) is 11.1 Å². The number of hydrogen-bond acceptors (Lipinski definition) is 4. The van der Waals surface area contributed by atoms with Crippen LogP contribution in [-0.2, 0) is 12.0 Å². The molecule has 0 amide bonds. The highest BCUT2D eigenvalue weighted by Gasteiger charge is 2.53. The van der Waals surface area contributed by atoms with Crippen LogP contribution in [-0.4, -0.2) is 48.0 Å². The summed E-state index contributed by atoms with van der Waals surface area (Å²) in [5, 5.41) is 13.9. The third-order valence-corrected chi connectivity index (χ3v) is 6.71. The topological polar surface area (TPSA) is 54.0 Å². The average molecular weight is 425 g/mol. The Balaban J connectivity index is 1.93. The largest absolute Gasteiger partial charge is 0.493 e. The Morgan fingerprint density at radius 3 is 3.08 bits per heavy atom. The number of nitrogens with zero attached hydrogens (tertiary/aromatic N) is 1. The van der Waals surface area contributed by atoms with Gasteiger partial charge in [-0.05, 0) is 30.3 Å². The molecule has 2 heterocycles. The maximum Gasteiger partial charge on any atom is 0.168 e. The van der Waals surface area contributed by atoms with E-state index < -0.39 is 6.10 Å². The maximum atomic E-state index is 10.1. The highest BCUT2D eigenvalue weighted by Crippen LogP contribution is 2.57. The molecule has 1 spiro atoms. The number of rotatable bonds is 1. The summed E-state index contributed by atoms with van der Waals surface area (Å²) in [7, 11) is 3.51. The van der Waals surface area contributed by atoms with Gasteiger partial charge in [0.1, 0.15) is 6.10 Å². The zero-order chi connectivity index (χ0) is 17.8. The molecule has 1 aromatic carbocycles. The molecule has 1 aliphatic carbocycles. The number of thiocarbonyl (C=S) groups is 1. The molecule has 0 saturated carbocycles. The fraction of sp³-hybridized carbons (Fsp3) is 0.500. The minimum absolute atomic E-state index is 0.0902. The lowest BCUT2D eigenvalue weighted by molar-refractivity contribution is 0.0833. The van der Waals surface area contributed by atoms with Crippen LogP contribution >= 0.6 is 28.1 Å². The van der Waals surface area contributed by atoms with Crippen LogP contribution in [0.2, 0.25) is 0 Å². The molecule has 2 aliphatic heterocycles. The van der Waals surface area contributed by atoms with Gasteiger partial charge in [-0.15, -0.1) is 0 Å². The normalized spacial score (nSPS) is 29.4. The number of methoxy groups -OCH3 is 1. The van der Waals surface area contributed by atoms with Crippen LogP contribution in [0.3, 0.4) is 0 Å². The van der Waals surface area contributed by atoms with E-state index in [4.69, 9.17) is 21.7 Å². The Kier molecular flexibility index (Phi) is 4.21. The van der Waals surface area contributed by atoms with Crippen molar-refractivity contribution in [2.75, 3.05) is 20.7 Å². The summed E-state index contributed by atoms with van der Waals surface area (Å²) in [5.41, 5.74) is 2.10. The lowest BCUT2D eigenvalue weighted by Gasteiger charge is -2.36. The third kappa shape index (κ3) is 2.47. The van der Waals surface area contributed by atoms with Crippen molar-refractivity contribution in [1.29, 1.82) is 0 Å². The van der Waals surface area contributed by atoms with Gasteiger partial charge in [0.15, 0.2) is 16.6 Å². The van der Waals surface area contributed by atoms with Crippen LogP contribution in [0.25, 0.3) is 0 Å². The molecular formula is C18H21BrN2O3S. The van der Waals surface area contributed by atoms with Crippen LogP contribution in [0, 0.1) is 0 Å². The number of ether oxygens (including phenoxy) is 2. The molecule has 1 aromatic rings. The van der Waals surface area contributed by atoms with E-state index in [-0.39, 0.29) is 11.5 Å². The van der Waals surface area contributed by atoms with E-state index in [0.717, 1.165) is 34.0 Å². The zero-order valence-corrected chi connectivity index (χ0v) is 16.6. The quantitative estimate of drug-likeness (QED) is 0.533. The van der Waals surface area contributed by atoms with E-state index in [0.29, 0.717) is 13.0 Å². The van der Waals surface area contributed by atoms with Gasteiger partial charge in [-0.3, -0.25) is 0 Å². The summed E-state index contributed by atoms with van der Waals surface area (Å²) in [6, 6.07) is 1.96. The molecule has 25 heavy (non-hydrogen) atoms. The van der Waals surface area contributed by atoms with Gasteiger partial charge in [-0.25, -0.2) is 0 Å². The highest BCUT2D eigenvalue weighted by atomic mass is 79.9. The monoisotopic (exact) mass is 424 g/mol. The van der Waals surface area contributed by atoms with Crippen molar-refractivity contribution in [3.8, 4) is 11.5 Å². The first-order chi connectivity index (χ1) is 12.0. The van der Waals surface area contributed by atoms with Crippen molar-refractivity contribution in [3.05, 3.63) is 33.8 Å². The molecule has 3 atom stereocenters. The smallest absolute Gasteiger partial charge is 0.168 e. The lowest BCUT2D eigenvalue weighted by Crippen LogP contribution is -2.44. The summed E-state index contributed by atoms with van der Waals surface area (Å²) in [5.74, 6) is 1.54. The number of aliphatic hydroxyl groups excluding tert-OH is 1. The van der Waals surface area contributed by atoms with E-state index in [9.17, 15) is 5.11 Å². The first-order valence-electron chi connectivity index (χ1n) is 8.40. The van der Waals surface area contributed by atoms with E-state index in [1.807, 2.05) is 19.2 Å². The molecule has 0 fully saturated rings. The summed E-state index contributed by atoms with van der Waals surface area (Å²) < 4.78 is 12.9. The van der Waals surface area contributed by atoms with Crippen molar-refractivity contribution in [1.82, 2.24) is 10.2 Å². The Labute approximate surface area is 161 Å². The van der Waals surface area contributed by atoms with Gasteiger partial charge < -0.3 is 24.8 Å². The summed E-state index contributed by atoms with van der Waals surface area (Å²) in [6.07, 6.45) is 4.94. The van der Waals surface area contributed by atoms with E-state index >= 15 is 0 Å². The number of nitrogens with one attached hydrogen (secondary N) is 1. The molecule has 7 heteroatoms. The maximum absolute atomic E-state index is 10.1. The van der Waals surface area contributed by atoms with Gasteiger partial charge in [-0.2, -0.15) is 0 Å². The first-order valence-corrected chi connectivity index (χ1v) is 9.61. The molecule has 2 N–H and O–H groups in total. The molecule has 4 rings (SSSR count). The summed E-state index contributed by atoms with van der Waals surface area (Å²) >= 11 is 9.22. The predicted octanol–water partition coefficient (Wildman–Crippen LogP) is 2.49. The second kappa shape index (κ2) is 6.14. The SMILES string of the molecule is CNC(=S)N1CC[C@@]23C=CC(O)C[C@@H]2Oc2c(OC)cc(Br)c(c23)C1. The van der Waals surface area contributed by atoms with E-state index in [1.54, 1.807) is 7.11 Å². The molecular weight excluding hydrogens is 404 g/mol. The summed E-state index contributed by atoms with van der Waals surface area (Å²) in [6.45, 7) is 1.53. The lowest BCUT2D eigenvalue weighted by atomic mass is 9.69. The average Bonchev–Trinajstić information content (AvgIpc) is 2.82. The van der Waals surface area contributed by atoms with Crippen molar-refractivity contribution in [3.63, 3.8) is 0 Å². The number of benzene rings is 1. The van der Waals surface area contributed by atoms with Crippen LogP contribution in [0.4, 0.5) is 0 Å². The minimum atomic E-state index is -0.472. The number of halogens is 1. The number of hydrogen-bond donors (Lipinski definition) is 2. The third-order valence-electron chi connectivity index (χ3n) is 5.54. The fourth-order valence-corrected chi connectivity index (χ4v) is 4.98. The zero-order valence-electron chi connectivity index (χ0n) is 14.2. The van der Waals surface area contributed by atoms with Gasteiger partial charge >= 0.3 is 0 Å². The minimum Gasteiger partial charge on any atom is -0.493 e. The Morgan fingerprint density at radius 2 is 2.36 bits per heavy atom.